The van der Waals surface area contributed by atoms with Gasteiger partial charge in [-0.3, -0.25) is 29.3 Å². The number of fused-ring (bicyclic) bond motifs is 3. The molecule has 3 aromatic heterocycles. The van der Waals surface area contributed by atoms with Gasteiger partial charge in [-0.2, -0.15) is 4.98 Å². The van der Waals surface area contributed by atoms with Gasteiger partial charge in [0.1, 0.15) is 17.0 Å². The molecule has 4 aliphatic rings. The number of piperidine rings is 1. The van der Waals surface area contributed by atoms with Crippen LogP contribution in [0.3, 0.4) is 0 Å². The number of carbonyl (C=O) groups excluding carboxylic acids is 4. The molecule has 0 radical (unpaired) electrons. The number of amides is 4. The van der Waals surface area contributed by atoms with Gasteiger partial charge in [0, 0.05) is 86.5 Å². The lowest BCUT2D eigenvalue weighted by Crippen LogP contribution is -2.52. The predicted molar refractivity (Wildman–Crippen MR) is 237 cm³/mol. The first-order valence-electron chi connectivity index (χ1n) is 21.8. The number of aryl methyl sites for hydroxylation is 1. The largest absolute Gasteiger partial charge is 0.385 e. The lowest BCUT2D eigenvalue weighted by molar-refractivity contribution is -0.137. The first-order chi connectivity index (χ1) is 30.5. The van der Waals surface area contributed by atoms with Crippen LogP contribution in [0.4, 0.5) is 23.0 Å². The van der Waals surface area contributed by atoms with Gasteiger partial charge in [-0.05, 0) is 86.6 Å². The Labute approximate surface area is 363 Å². The molecule has 2 atom stereocenters. The first-order valence-corrected chi connectivity index (χ1v) is 21.8. The fraction of sp³-hybridized carbons (Fsp3) is 0.391. The van der Waals surface area contributed by atoms with Crippen molar-refractivity contribution in [2.75, 3.05) is 48.3 Å². The third-order valence-electron chi connectivity index (χ3n) is 12.8. The van der Waals surface area contributed by atoms with Gasteiger partial charge in [0.05, 0.1) is 12.2 Å². The summed E-state index contributed by atoms with van der Waals surface area (Å²) < 4.78 is 3.20. The number of rotatable bonds is 14. The molecule has 17 heteroatoms. The summed E-state index contributed by atoms with van der Waals surface area (Å²) in [6.07, 6.45) is 7.53. The van der Waals surface area contributed by atoms with Crippen molar-refractivity contribution >= 4 is 57.7 Å². The van der Waals surface area contributed by atoms with Crippen molar-refractivity contribution < 1.29 is 24.3 Å². The number of imide groups is 1. The topological polar surface area (TPSA) is 200 Å². The Morgan fingerprint density at radius 3 is 2.57 bits per heavy atom. The number of unbranched alkanes of at least 4 members (excludes halogenated alkanes) is 1. The van der Waals surface area contributed by atoms with Gasteiger partial charge in [0.15, 0.2) is 11.5 Å². The number of hydrogen-bond acceptors (Lipinski definition) is 12. The summed E-state index contributed by atoms with van der Waals surface area (Å²) in [5, 5.41) is 20.7. The second-order valence-corrected chi connectivity index (χ2v) is 16.6. The number of allylic oxidation sites excluding steroid dienone is 1. The second-order valence-electron chi connectivity index (χ2n) is 16.6. The number of hydrogen-bond donors (Lipinski definition) is 4. The third-order valence-corrected chi connectivity index (χ3v) is 12.8. The molecular weight excluding hydrogens is 803 g/mol. The van der Waals surface area contributed by atoms with Crippen LogP contribution in [0.25, 0.3) is 16.9 Å². The molecular formula is C46H51N11O6. The Hall–Kier alpha value is -6.88. The fourth-order valence-electron chi connectivity index (χ4n) is 9.25. The highest BCUT2D eigenvalue weighted by Gasteiger charge is 2.40. The average Bonchev–Trinajstić information content (AvgIpc) is 3.91. The minimum absolute atomic E-state index is 0.136. The van der Waals surface area contributed by atoms with Crippen LogP contribution in [0.2, 0.25) is 0 Å². The molecule has 3 aliphatic heterocycles. The molecule has 2 fully saturated rings. The Morgan fingerprint density at radius 1 is 1.00 bits per heavy atom. The monoisotopic (exact) mass is 853 g/mol. The minimum atomic E-state index is -1.01. The zero-order valence-electron chi connectivity index (χ0n) is 35.3. The molecule has 1 aliphatic carbocycles. The van der Waals surface area contributed by atoms with Crippen LogP contribution in [0.5, 0.6) is 0 Å². The van der Waals surface area contributed by atoms with E-state index in [1.165, 1.54) is 10.9 Å². The Kier molecular flexibility index (Phi) is 11.3. The number of pyridine rings is 1. The van der Waals surface area contributed by atoms with E-state index in [1.807, 2.05) is 60.4 Å². The summed E-state index contributed by atoms with van der Waals surface area (Å²) in [4.78, 5) is 83.8. The number of anilines is 4. The number of nitrogens with zero attached hydrogens (tertiary/aromatic N) is 8. The highest BCUT2D eigenvalue weighted by atomic mass is 16.3. The van der Waals surface area contributed by atoms with Gasteiger partial charge in [0.2, 0.25) is 23.7 Å². The van der Waals surface area contributed by atoms with Gasteiger partial charge in [-0.15, -0.1) is 6.58 Å². The molecule has 63 heavy (non-hydrogen) atoms. The van der Waals surface area contributed by atoms with Crippen LogP contribution in [0, 0.1) is 0 Å². The van der Waals surface area contributed by atoms with Crippen molar-refractivity contribution in [1.82, 2.24) is 39.4 Å². The van der Waals surface area contributed by atoms with Gasteiger partial charge in [0.25, 0.3) is 11.5 Å². The molecule has 17 nitrogen and oxygen atoms in total. The van der Waals surface area contributed by atoms with Crippen LogP contribution < -0.4 is 26.4 Å². The standard InChI is InChI=1S/C46H51N11O6/c1-3-22-56-44(62)33-27-48-45(52-41(33)57(56)37-17-11-29-19-20-46(63,4-2)40(29)50-37)49-30-12-14-31(15-13-30)53-23-25-54(26-24-53)39(59)10-5-6-21-47-35-9-7-8-32-34(35)28-55(43(32)61)36-16-18-38(58)51-42(36)60/h3,7-9,11-15,17,27,36,47,63H,1,4-6,10,16,18-26,28H2,2H3,(H,48,49,52)(H,51,58,60)/t36?,46-/m1/s1. The number of carbonyl (C=O) groups is 4. The van der Waals surface area contributed by atoms with E-state index in [1.54, 1.807) is 21.7 Å². The molecule has 2 saturated heterocycles. The quantitative estimate of drug-likeness (QED) is 0.0709. The number of piperazine rings is 1. The van der Waals surface area contributed by atoms with E-state index in [-0.39, 0.29) is 36.2 Å². The molecule has 2 aromatic carbocycles. The van der Waals surface area contributed by atoms with E-state index >= 15 is 0 Å². The molecule has 1 unspecified atom stereocenters. The number of benzene rings is 2. The lowest BCUT2D eigenvalue weighted by Gasteiger charge is -2.36. The average molecular weight is 854 g/mol. The lowest BCUT2D eigenvalue weighted by atomic mass is 9.98. The number of aromatic nitrogens is 5. The Morgan fingerprint density at radius 2 is 1.81 bits per heavy atom. The van der Waals surface area contributed by atoms with Gasteiger partial charge >= 0.3 is 0 Å². The normalized spacial score (nSPS) is 19.6. The molecule has 4 N–H and O–H groups in total. The Bertz CT molecular complexity index is 2690. The van der Waals surface area contributed by atoms with Crippen molar-refractivity contribution in [3.63, 3.8) is 0 Å². The summed E-state index contributed by atoms with van der Waals surface area (Å²) >= 11 is 0. The highest BCUT2D eigenvalue weighted by molar-refractivity contribution is 6.06. The number of nitrogens with one attached hydrogen (secondary N) is 3. The van der Waals surface area contributed by atoms with Crippen LogP contribution in [-0.2, 0) is 39.5 Å². The maximum Gasteiger partial charge on any atom is 0.278 e. The first kappa shape index (κ1) is 41.5. The van der Waals surface area contributed by atoms with E-state index in [9.17, 15) is 29.1 Å². The summed E-state index contributed by atoms with van der Waals surface area (Å²) in [5.41, 5.74) is 4.81. The van der Waals surface area contributed by atoms with Crippen molar-refractivity contribution in [2.45, 2.75) is 83.0 Å². The van der Waals surface area contributed by atoms with E-state index in [0.717, 1.165) is 47.5 Å². The van der Waals surface area contributed by atoms with Crippen LogP contribution in [-0.4, -0.2) is 102 Å². The summed E-state index contributed by atoms with van der Waals surface area (Å²) in [6, 6.07) is 16.6. The molecule has 0 spiro atoms. The highest BCUT2D eigenvalue weighted by Crippen LogP contribution is 2.39. The zero-order chi connectivity index (χ0) is 43.8. The SMILES string of the molecule is C=CCn1c(=O)c2cnc(Nc3ccc(N4CCN(C(=O)CCCCNc5cccc6c5CN(C5CCC(=O)NC5=O)C6=O)CC4)cc3)nc2n1-c1ccc2c(n1)[C@@](O)(CC)CC2. The predicted octanol–water partition coefficient (Wildman–Crippen LogP) is 4.14. The third kappa shape index (κ3) is 7.92. The maximum atomic E-state index is 13.5. The van der Waals surface area contributed by atoms with Gasteiger partial charge < -0.3 is 30.4 Å². The molecule has 326 valence electrons. The second kappa shape index (κ2) is 17.1. The van der Waals surface area contributed by atoms with Crippen molar-refractivity contribution in [1.29, 1.82) is 0 Å². The molecule has 0 bridgehead atoms. The van der Waals surface area contributed by atoms with Crippen molar-refractivity contribution in [3.05, 3.63) is 106 Å². The van der Waals surface area contributed by atoms with E-state index < -0.39 is 17.6 Å². The molecule has 6 heterocycles. The minimum Gasteiger partial charge on any atom is -0.385 e. The van der Waals surface area contributed by atoms with Crippen LogP contribution in [0.1, 0.15) is 79.0 Å². The van der Waals surface area contributed by atoms with Crippen molar-refractivity contribution in [3.8, 4) is 5.82 Å². The number of aliphatic hydroxyl groups is 1. The Balaban J connectivity index is 0.765. The van der Waals surface area contributed by atoms with Gasteiger partial charge in [-0.25, -0.2) is 19.3 Å². The summed E-state index contributed by atoms with van der Waals surface area (Å²) in [5.74, 6) is -0.0119. The van der Waals surface area contributed by atoms with Crippen molar-refractivity contribution in [2.24, 2.45) is 0 Å². The zero-order valence-corrected chi connectivity index (χ0v) is 35.3. The van der Waals surface area contributed by atoms with E-state index in [2.05, 4.69) is 32.4 Å². The molecule has 4 amide bonds. The smallest absolute Gasteiger partial charge is 0.278 e. The van der Waals surface area contributed by atoms with Crippen LogP contribution in [0.15, 0.2) is 78.2 Å². The van der Waals surface area contributed by atoms with E-state index in [4.69, 9.17) is 9.97 Å². The van der Waals surface area contributed by atoms with E-state index in [0.29, 0.717) is 99.0 Å². The molecule has 5 aromatic rings. The maximum absolute atomic E-state index is 13.5. The molecule has 0 saturated carbocycles. The van der Waals surface area contributed by atoms with Gasteiger partial charge in [-0.1, -0.05) is 25.1 Å². The fourth-order valence-corrected chi connectivity index (χ4v) is 9.25. The summed E-state index contributed by atoms with van der Waals surface area (Å²) in [7, 11) is 0. The summed E-state index contributed by atoms with van der Waals surface area (Å²) in [6.45, 7) is 9.64. The van der Waals surface area contributed by atoms with Crippen LogP contribution >= 0.6 is 0 Å². The molecule has 9 rings (SSSR count).